The van der Waals surface area contributed by atoms with Crippen LogP contribution in [0.3, 0.4) is 0 Å². The number of benzene rings is 1. The van der Waals surface area contributed by atoms with Gasteiger partial charge in [0.15, 0.2) is 23.1 Å². The van der Waals surface area contributed by atoms with Crippen molar-refractivity contribution in [3.8, 4) is 11.3 Å². The van der Waals surface area contributed by atoms with Gasteiger partial charge in [0.2, 0.25) is 0 Å². The van der Waals surface area contributed by atoms with Gasteiger partial charge in [0.25, 0.3) is 5.91 Å². The molecule has 0 aliphatic carbocycles. The molecule has 1 aromatic carbocycles. The summed E-state index contributed by atoms with van der Waals surface area (Å²) in [5.74, 6) is -3.53. The third-order valence-electron chi connectivity index (χ3n) is 6.84. The lowest BCUT2D eigenvalue weighted by atomic mass is 9.87. The summed E-state index contributed by atoms with van der Waals surface area (Å²) in [5, 5.41) is 4.67. The number of imidazole rings is 1. The van der Waals surface area contributed by atoms with Gasteiger partial charge in [-0.05, 0) is 38.3 Å². The molecule has 5 rings (SSSR count). The predicted octanol–water partition coefficient (Wildman–Crippen LogP) is 4.78. The summed E-state index contributed by atoms with van der Waals surface area (Å²) in [4.78, 5) is 24.4. The van der Waals surface area contributed by atoms with Crippen molar-refractivity contribution >= 4 is 11.4 Å². The first kappa shape index (κ1) is 23.1. The summed E-state index contributed by atoms with van der Waals surface area (Å²) < 4.78 is 45.1. The maximum absolute atomic E-state index is 14.1. The zero-order valence-corrected chi connectivity index (χ0v) is 19.9. The van der Waals surface area contributed by atoms with E-state index in [1.54, 1.807) is 30.3 Å². The van der Waals surface area contributed by atoms with E-state index in [1.165, 1.54) is 0 Å². The summed E-state index contributed by atoms with van der Waals surface area (Å²) in [6, 6.07) is 1.43. The minimum absolute atomic E-state index is 0.188. The lowest BCUT2D eigenvalue weighted by Gasteiger charge is -2.41. The molecule has 10 heteroatoms. The highest BCUT2D eigenvalue weighted by molar-refractivity contribution is 5.99. The number of fused-ring (bicyclic) bond motifs is 2. The summed E-state index contributed by atoms with van der Waals surface area (Å²) in [7, 11) is 1.69. The number of aryl methyl sites for hydroxylation is 2. The van der Waals surface area contributed by atoms with Crippen LogP contribution < -0.4 is 0 Å². The number of amides is 1. The standard InChI is InChI=1S/C25H25F3N6O/c1-5-15-11-16-22(31-32(4)24(16)14-9-17(26)21(28)18(27)10-14)19(6-2)34(15)25(35)23-20-12-29-7-8-33(20)13(3)30-23/h7-10,12,15,19H,5-6,11H2,1-4H3/t15-,19+/m0/s1. The maximum atomic E-state index is 14.1. The van der Waals surface area contributed by atoms with E-state index in [-0.39, 0.29) is 23.6 Å². The van der Waals surface area contributed by atoms with Crippen molar-refractivity contribution in [1.82, 2.24) is 29.0 Å². The van der Waals surface area contributed by atoms with E-state index < -0.39 is 17.5 Å². The first-order valence-corrected chi connectivity index (χ1v) is 11.6. The van der Waals surface area contributed by atoms with Crippen molar-refractivity contribution < 1.29 is 18.0 Å². The number of rotatable bonds is 4. The Morgan fingerprint density at radius 2 is 1.86 bits per heavy atom. The predicted molar refractivity (Wildman–Crippen MR) is 123 cm³/mol. The molecule has 0 bridgehead atoms. The fourth-order valence-corrected chi connectivity index (χ4v) is 5.24. The molecule has 35 heavy (non-hydrogen) atoms. The molecule has 2 atom stereocenters. The molecule has 1 amide bonds. The van der Waals surface area contributed by atoms with Gasteiger partial charge in [-0.2, -0.15) is 5.10 Å². The van der Waals surface area contributed by atoms with Crippen LogP contribution in [0, 0.1) is 24.4 Å². The van der Waals surface area contributed by atoms with Crippen molar-refractivity contribution in [3.63, 3.8) is 0 Å². The second-order valence-electron chi connectivity index (χ2n) is 8.83. The van der Waals surface area contributed by atoms with Gasteiger partial charge in [-0.3, -0.25) is 14.5 Å². The minimum Gasteiger partial charge on any atom is -0.325 e. The Labute approximate surface area is 200 Å². The highest BCUT2D eigenvalue weighted by Crippen LogP contribution is 2.41. The van der Waals surface area contributed by atoms with Gasteiger partial charge in [0.05, 0.1) is 29.1 Å². The fourth-order valence-electron chi connectivity index (χ4n) is 5.24. The molecule has 0 fully saturated rings. The molecule has 3 aromatic heterocycles. The van der Waals surface area contributed by atoms with Gasteiger partial charge in [-0.15, -0.1) is 0 Å². The van der Waals surface area contributed by atoms with Crippen molar-refractivity contribution in [1.29, 1.82) is 0 Å². The Bertz CT molecular complexity index is 1440. The van der Waals surface area contributed by atoms with Crippen LogP contribution >= 0.6 is 0 Å². The third-order valence-corrected chi connectivity index (χ3v) is 6.84. The van der Waals surface area contributed by atoms with Crippen LogP contribution in [-0.2, 0) is 13.5 Å². The van der Waals surface area contributed by atoms with Crippen LogP contribution in [0.5, 0.6) is 0 Å². The Balaban J connectivity index is 1.64. The average molecular weight is 483 g/mol. The van der Waals surface area contributed by atoms with E-state index >= 15 is 0 Å². The monoisotopic (exact) mass is 482 g/mol. The lowest BCUT2D eigenvalue weighted by Crippen LogP contribution is -2.47. The van der Waals surface area contributed by atoms with E-state index in [9.17, 15) is 18.0 Å². The number of carbonyl (C=O) groups excluding carboxylic acids is 1. The molecular formula is C25H25F3N6O. The third kappa shape index (κ3) is 3.50. The molecule has 0 N–H and O–H groups in total. The number of aromatic nitrogens is 5. The molecule has 0 saturated carbocycles. The van der Waals surface area contributed by atoms with Gasteiger partial charge >= 0.3 is 0 Å². The normalized spacial score (nSPS) is 17.7. The number of carbonyl (C=O) groups is 1. The van der Waals surface area contributed by atoms with Gasteiger partial charge < -0.3 is 9.30 Å². The second-order valence-corrected chi connectivity index (χ2v) is 8.83. The number of hydrogen-bond acceptors (Lipinski definition) is 4. The van der Waals surface area contributed by atoms with E-state index in [1.807, 2.05) is 30.1 Å². The molecule has 182 valence electrons. The molecule has 1 aliphatic heterocycles. The Morgan fingerprint density at radius 1 is 1.14 bits per heavy atom. The first-order chi connectivity index (χ1) is 16.8. The zero-order chi connectivity index (χ0) is 25.0. The van der Waals surface area contributed by atoms with Crippen LogP contribution in [0.2, 0.25) is 0 Å². The summed E-state index contributed by atoms with van der Waals surface area (Å²) >= 11 is 0. The van der Waals surface area contributed by atoms with Crippen molar-refractivity contribution in [3.05, 3.63) is 71.0 Å². The lowest BCUT2D eigenvalue weighted by molar-refractivity contribution is 0.0509. The first-order valence-electron chi connectivity index (χ1n) is 11.6. The molecule has 1 aliphatic rings. The molecule has 0 saturated heterocycles. The van der Waals surface area contributed by atoms with Crippen molar-refractivity contribution in [2.75, 3.05) is 0 Å². The maximum Gasteiger partial charge on any atom is 0.275 e. The smallest absolute Gasteiger partial charge is 0.275 e. The van der Waals surface area contributed by atoms with Crippen LogP contribution in [0.1, 0.15) is 60.3 Å². The van der Waals surface area contributed by atoms with E-state index in [2.05, 4.69) is 15.1 Å². The topological polar surface area (TPSA) is 68.3 Å². The van der Waals surface area contributed by atoms with Crippen molar-refractivity contribution in [2.45, 2.75) is 52.1 Å². The SMILES string of the molecule is CC[C@H]1Cc2c(nn(C)c2-c2cc(F)c(F)c(F)c2)[C@@H](CC)N1C(=O)c1nc(C)n2ccncc12. The van der Waals surface area contributed by atoms with Crippen LogP contribution in [0.4, 0.5) is 13.2 Å². The summed E-state index contributed by atoms with van der Waals surface area (Å²) in [5.41, 5.74) is 3.18. The molecule has 0 radical (unpaired) electrons. The van der Waals surface area contributed by atoms with Gasteiger partial charge in [-0.25, -0.2) is 18.2 Å². The minimum atomic E-state index is -1.50. The van der Waals surface area contributed by atoms with Crippen molar-refractivity contribution in [2.24, 2.45) is 7.05 Å². The molecule has 0 unspecified atom stereocenters. The molecule has 4 aromatic rings. The molecule has 0 spiro atoms. The highest BCUT2D eigenvalue weighted by Gasteiger charge is 2.41. The van der Waals surface area contributed by atoms with Crippen LogP contribution in [0.15, 0.2) is 30.7 Å². The average Bonchev–Trinajstić information content (AvgIpc) is 3.36. The molecular weight excluding hydrogens is 457 g/mol. The zero-order valence-electron chi connectivity index (χ0n) is 19.9. The Morgan fingerprint density at radius 3 is 2.51 bits per heavy atom. The Kier molecular flexibility index (Phi) is 5.61. The number of hydrogen-bond donors (Lipinski definition) is 0. The number of halogens is 3. The largest absolute Gasteiger partial charge is 0.325 e. The van der Waals surface area contributed by atoms with Gasteiger partial charge in [0.1, 0.15) is 5.82 Å². The Hall–Kier alpha value is -3.69. The van der Waals surface area contributed by atoms with E-state index in [0.29, 0.717) is 47.7 Å². The quantitative estimate of drug-likeness (QED) is 0.393. The van der Waals surface area contributed by atoms with E-state index in [0.717, 1.165) is 17.7 Å². The summed E-state index contributed by atoms with van der Waals surface area (Å²) in [6.45, 7) is 5.79. The second kappa shape index (κ2) is 8.51. The highest BCUT2D eigenvalue weighted by atomic mass is 19.2. The molecule has 4 heterocycles. The van der Waals surface area contributed by atoms with Gasteiger partial charge in [-0.1, -0.05) is 13.8 Å². The van der Waals surface area contributed by atoms with Crippen LogP contribution in [0.25, 0.3) is 16.8 Å². The summed E-state index contributed by atoms with van der Waals surface area (Å²) in [6.07, 6.45) is 6.72. The fraction of sp³-hybridized carbons (Fsp3) is 0.360. The van der Waals surface area contributed by atoms with E-state index in [4.69, 9.17) is 0 Å². The molecule has 7 nitrogen and oxygen atoms in total. The van der Waals surface area contributed by atoms with Gasteiger partial charge in [0, 0.05) is 36.6 Å². The number of nitrogens with zero attached hydrogens (tertiary/aromatic N) is 6. The van der Waals surface area contributed by atoms with Crippen LogP contribution in [-0.4, -0.2) is 41.0 Å².